The molecule has 1 N–H and O–H groups in total. The van der Waals surface area contributed by atoms with Gasteiger partial charge in [0.2, 0.25) is 0 Å². The Balaban J connectivity index is 1.50. The summed E-state index contributed by atoms with van der Waals surface area (Å²) in [7, 11) is 0. The van der Waals surface area contributed by atoms with Crippen molar-refractivity contribution in [3.63, 3.8) is 0 Å². The molecule has 2 aromatic carbocycles. The molecule has 4 nitrogen and oxygen atoms in total. The van der Waals surface area contributed by atoms with Crippen LogP contribution in [-0.2, 0) is 16.0 Å². The van der Waals surface area contributed by atoms with Crippen molar-refractivity contribution in [3.8, 4) is 11.1 Å². The third-order valence-corrected chi connectivity index (χ3v) is 6.70. The summed E-state index contributed by atoms with van der Waals surface area (Å²) < 4.78 is 18.8. The van der Waals surface area contributed by atoms with Gasteiger partial charge in [-0.15, -0.1) is 11.3 Å². The van der Waals surface area contributed by atoms with Crippen LogP contribution in [0.25, 0.3) is 11.1 Å². The van der Waals surface area contributed by atoms with Crippen molar-refractivity contribution in [1.82, 2.24) is 4.98 Å². The predicted octanol–water partition coefficient (Wildman–Crippen LogP) is 6.82. The van der Waals surface area contributed by atoms with Crippen LogP contribution in [0.1, 0.15) is 40.3 Å². The fourth-order valence-corrected chi connectivity index (χ4v) is 5.13. The van der Waals surface area contributed by atoms with Gasteiger partial charge in [-0.1, -0.05) is 36.0 Å². The van der Waals surface area contributed by atoms with Crippen LogP contribution < -0.4 is 5.32 Å². The zero-order valence-corrected chi connectivity index (χ0v) is 20.7. The molecule has 32 heavy (non-hydrogen) atoms. The highest BCUT2D eigenvalue weighted by molar-refractivity contribution is 8.03. The van der Waals surface area contributed by atoms with Crippen molar-refractivity contribution in [3.05, 3.63) is 65.4 Å². The van der Waals surface area contributed by atoms with Gasteiger partial charge in [-0.3, -0.25) is 4.79 Å². The molecule has 0 aliphatic carbocycles. The smallest absolute Gasteiger partial charge is 0.322 e. The number of halogens is 1. The van der Waals surface area contributed by atoms with Gasteiger partial charge >= 0.3 is 5.97 Å². The Morgan fingerprint density at radius 3 is 2.22 bits per heavy atom. The molecular formula is C25H29FN2O2S2. The molecule has 0 atom stereocenters. The summed E-state index contributed by atoms with van der Waals surface area (Å²) >= 11 is 2.98. The first-order valence-corrected chi connectivity index (χ1v) is 12.2. The highest BCUT2D eigenvalue weighted by atomic mass is 32.2. The van der Waals surface area contributed by atoms with Gasteiger partial charge in [-0.05, 0) is 70.0 Å². The molecule has 7 heteroatoms. The summed E-state index contributed by atoms with van der Waals surface area (Å²) in [4.78, 5) is 17.1. The molecular weight excluding hydrogens is 443 g/mol. The van der Waals surface area contributed by atoms with Gasteiger partial charge in [0, 0.05) is 24.0 Å². The van der Waals surface area contributed by atoms with E-state index in [0.717, 1.165) is 39.8 Å². The Hall–Kier alpha value is -2.38. The molecule has 0 aliphatic rings. The van der Waals surface area contributed by atoms with Crippen LogP contribution in [0.5, 0.6) is 0 Å². The Bertz CT molecular complexity index is 1040. The van der Waals surface area contributed by atoms with Crippen LogP contribution in [0, 0.1) is 5.82 Å². The van der Waals surface area contributed by atoms with Gasteiger partial charge in [-0.2, -0.15) is 0 Å². The average molecular weight is 473 g/mol. The van der Waals surface area contributed by atoms with Gasteiger partial charge in [0.1, 0.15) is 16.2 Å². The number of anilines is 1. The lowest BCUT2D eigenvalue weighted by Crippen LogP contribution is -2.36. The highest BCUT2D eigenvalue weighted by Crippen LogP contribution is 2.36. The Morgan fingerprint density at radius 2 is 1.62 bits per heavy atom. The summed E-state index contributed by atoms with van der Waals surface area (Å²) in [6, 6.07) is 14.6. The number of thiazole rings is 1. The number of thioether (sulfide) groups is 1. The van der Waals surface area contributed by atoms with E-state index < -0.39 is 10.3 Å². The molecule has 0 saturated carbocycles. The molecule has 3 aromatic rings. The Morgan fingerprint density at radius 1 is 1.03 bits per heavy atom. The average Bonchev–Trinajstić information content (AvgIpc) is 3.14. The number of hydrogen-bond donors (Lipinski definition) is 1. The van der Waals surface area contributed by atoms with Gasteiger partial charge in [-0.25, -0.2) is 9.37 Å². The minimum Gasteiger partial charge on any atom is -0.459 e. The lowest BCUT2D eigenvalue weighted by molar-refractivity contribution is -0.156. The molecule has 0 radical (unpaired) electrons. The van der Waals surface area contributed by atoms with E-state index in [1.54, 1.807) is 23.5 Å². The molecule has 1 heterocycles. The number of ether oxygens (including phenoxy) is 1. The Kier molecular flexibility index (Phi) is 7.62. The monoisotopic (exact) mass is 472 g/mol. The van der Waals surface area contributed by atoms with E-state index in [4.69, 9.17) is 4.74 Å². The van der Waals surface area contributed by atoms with Crippen LogP contribution in [0.15, 0.2) is 58.3 Å². The van der Waals surface area contributed by atoms with Crippen molar-refractivity contribution in [1.29, 1.82) is 0 Å². The second kappa shape index (κ2) is 10.0. The van der Waals surface area contributed by atoms with Crippen molar-refractivity contribution < 1.29 is 13.9 Å². The van der Waals surface area contributed by atoms with Crippen LogP contribution in [-0.4, -0.2) is 27.8 Å². The third kappa shape index (κ3) is 7.07. The fourth-order valence-electron chi connectivity index (χ4n) is 2.87. The molecule has 0 spiro atoms. The number of nitrogens with one attached hydrogen (secondary N) is 1. The van der Waals surface area contributed by atoms with E-state index in [1.165, 1.54) is 23.9 Å². The number of aromatic nitrogens is 1. The maximum atomic E-state index is 13.1. The number of esters is 1. The number of carbonyl (C=O) groups is 1. The van der Waals surface area contributed by atoms with E-state index >= 15 is 0 Å². The molecule has 170 valence electrons. The normalized spacial score (nSPS) is 11.9. The van der Waals surface area contributed by atoms with Crippen molar-refractivity contribution >= 4 is 34.8 Å². The van der Waals surface area contributed by atoms with Crippen molar-refractivity contribution in [2.75, 3.05) is 11.9 Å². The van der Waals surface area contributed by atoms with Gasteiger partial charge in [0.05, 0.1) is 5.69 Å². The molecule has 0 aliphatic heterocycles. The SMILES string of the molecule is CC(C)(C)OC(=O)C(C)(C)Sc1nc(CCNc2ccc(-c3ccc(F)cc3)cc2)cs1. The van der Waals surface area contributed by atoms with Gasteiger partial charge in [0.25, 0.3) is 0 Å². The molecule has 0 unspecified atom stereocenters. The zero-order valence-electron chi connectivity index (χ0n) is 19.1. The largest absolute Gasteiger partial charge is 0.459 e. The quantitative estimate of drug-likeness (QED) is 0.288. The van der Waals surface area contributed by atoms with Gasteiger partial charge < -0.3 is 10.1 Å². The van der Waals surface area contributed by atoms with Crippen LogP contribution in [0.2, 0.25) is 0 Å². The van der Waals surface area contributed by atoms with Crippen LogP contribution >= 0.6 is 23.1 Å². The van der Waals surface area contributed by atoms with Crippen molar-refractivity contribution in [2.24, 2.45) is 0 Å². The second-order valence-corrected chi connectivity index (χ2v) is 11.7. The van der Waals surface area contributed by atoms with Crippen LogP contribution in [0.4, 0.5) is 10.1 Å². The predicted molar refractivity (Wildman–Crippen MR) is 132 cm³/mol. The molecule has 1 aromatic heterocycles. The van der Waals surface area contributed by atoms with Crippen LogP contribution in [0.3, 0.4) is 0 Å². The minimum atomic E-state index is -0.701. The number of hydrogen-bond acceptors (Lipinski definition) is 6. The van der Waals surface area contributed by atoms with Gasteiger partial charge in [0.15, 0.2) is 4.34 Å². The number of nitrogens with zero attached hydrogens (tertiary/aromatic N) is 1. The van der Waals surface area contributed by atoms with E-state index in [1.807, 2.05) is 64.3 Å². The van der Waals surface area contributed by atoms with E-state index in [2.05, 4.69) is 10.3 Å². The number of rotatable bonds is 8. The maximum absolute atomic E-state index is 13.1. The second-order valence-electron chi connectivity index (χ2n) is 8.98. The van der Waals surface area contributed by atoms with E-state index in [0.29, 0.717) is 0 Å². The molecule has 0 amide bonds. The highest BCUT2D eigenvalue weighted by Gasteiger charge is 2.34. The molecule has 0 fully saturated rings. The standard InChI is InChI=1S/C25H29FN2O2S2/c1-24(2,3)30-22(29)25(4,5)32-23-28-21(16-31-23)14-15-27-20-12-8-18(9-13-20)17-6-10-19(26)11-7-17/h6-13,16,27H,14-15H2,1-5H3. The third-order valence-electron chi connectivity index (χ3n) is 4.54. The summed E-state index contributed by atoms with van der Waals surface area (Å²) in [6.07, 6.45) is 0.781. The summed E-state index contributed by atoms with van der Waals surface area (Å²) in [5, 5.41) is 5.44. The lowest BCUT2D eigenvalue weighted by Gasteiger charge is -2.27. The zero-order chi connectivity index (χ0) is 23.4. The summed E-state index contributed by atoms with van der Waals surface area (Å²) in [5.41, 5.74) is 3.54. The first-order chi connectivity index (χ1) is 15.0. The Labute approximate surface area is 197 Å². The maximum Gasteiger partial charge on any atom is 0.322 e. The number of carbonyl (C=O) groups excluding carboxylic acids is 1. The molecule has 3 rings (SSSR count). The first kappa shape index (κ1) is 24.3. The topological polar surface area (TPSA) is 51.2 Å². The molecule has 0 bridgehead atoms. The first-order valence-electron chi connectivity index (χ1n) is 10.5. The van der Waals surface area contributed by atoms with E-state index in [-0.39, 0.29) is 11.8 Å². The summed E-state index contributed by atoms with van der Waals surface area (Å²) in [5.74, 6) is -0.471. The lowest BCUT2D eigenvalue weighted by atomic mass is 10.1. The van der Waals surface area contributed by atoms with Crippen molar-refractivity contribution in [2.45, 2.75) is 55.7 Å². The minimum absolute atomic E-state index is 0.232. The molecule has 0 saturated heterocycles. The number of benzene rings is 2. The fraction of sp³-hybridized carbons (Fsp3) is 0.360. The van der Waals surface area contributed by atoms with E-state index in [9.17, 15) is 9.18 Å². The summed E-state index contributed by atoms with van der Waals surface area (Å²) in [6.45, 7) is 10.1.